The molecule has 0 fully saturated rings. The van der Waals surface area contributed by atoms with E-state index in [-0.39, 0.29) is 5.91 Å². The van der Waals surface area contributed by atoms with Crippen LogP contribution < -0.4 is 4.90 Å². The molecule has 4 heteroatoms. The molecule has 0 N–H and O–H groups in total. The molecule has 1 amide bonds. The fourth-order valence-electron chi connectivity index (χ4n) is 3.92. The van der Waals surface area contributed by atoms with Crippen LogP contribution in [0.3, 0.4) is 0 Å². The zero-order chi connectivity index (χ0) is 18.3. The number of allylic oxidation sites excluding steroid dienone is 1. The molecule has 1 spiro atoms. The van der Waals surface area contributed by atoms with Crippen molar-refractivity contribution in [2.24, 2.45) is 0 Å². The fourth-order valence-corrected chi connectivity index (χ4v) is 3.92. The SMILES string of the molecule is CCCC/C=C1\c2ccccc2C(=O)OC12C(=O)N(C)c1ccccc12. The van der Waals surface area contributed by atoms with Crippen molar-refractivity contribution in [2.75, 3.05) is 11.9 Å². The van der Waals surface area contributed by atoms with E-state index in [1.807, 2.05) is 42.5 Å². The standard InChI is InChI=1S/C22H21NO3/c1-3-4-5-12-17-15-10-6-7-11-16(15)20(24)26-22(17)18-13-8-9-14-19(18)23(2)21(22)25/h6-14H,3-5H2,1-2H3/b17-12+. The lowest BCUT2D eigenvalue weighted by Gasteiger charge is -2.35. The molecule has 26 heavy (non-hydrogen) atoms. The van der Waals surface area contributed by atoms with Gasteiger partial charge in [0.1, 0.15) is 0 Å². The number of rotatable bonds is 3. The summed E-state index contributed by atoms with van der Waals surface area (Å²) in [4.78, 5) is 27.7. The molecule has 4 rings (SSSR count). The zero-order valence-electron chi connectivity index (χ0n) is 15.0. The molecule has 1 unspecified atom stereocenters. The third-order valence-electron chi connectivity index (χ3n) is 5.22. The minimum Gasteiger partial charge on any atom is -0.435 e. The predicted octanol–water partition coefficient (Wildman–Crippen LogP) is 4.30. The van der Waals surface area contributed by atoms with Gasteiger partial charge in [-0.05, 0) is 24.1 Å². The summed E-state index contributed by atoms with van der Waals surface area (Å²) in [5, 5.41) is 0. The number of amides is 1. The lowest BCUT2D eigenvalue weighted by molar-refractivity contribution is -0.131. The van der Waals surface area contributed by atoms with Crippen LogP contribution in [0, 0.1) is 0 Å². The Kier molecular flexibility index (Phi) is 3.91. The van der Waals surface area contributed by atoms with E-state index in [1.54, 1.807) is 18.0 Å². The largest absolute Gasteiger partial charge is 0.435 e. The number of ether oxygens (including phenoxy) is 1. The van der Waals surface area contributed by atoms with Crippen LogP contribution in [0.4, 0.5) is 5.69 Å². The topological polar surface area (TPSA) is 46.6 Å². The van der Waals surface area contributed by atoms with Crippen molar-refractivity contribution in [3.05, 3.63) is 71.3 Å². The van der Waals surface area contributed by atoms with Crippen LogP contribution in [0.1, 0.15) is 47.7 Å². The fraction of sp³-hybridized carbons (Fsp3) is 0.273. The van der Waals surface area contributed by atoms with Gasteiger partial charge in [-0.25, -0.2) is 4.79 Å². The van der Waals surface area contributed by atoms with Gasteiger partial charge in [0.2, 0.25) is 5.60 Å². The first-order chi connectivity index (χ1) is 12.6. The zero-order valence-corrected chi connectivity index (χ0v) is 15.0. The van der Waals surface area contributed by atoms with Gasteiger partial charge in [-0.1, -0.05) is 62.2 Å². The van der Waals surface area contributed by atoms with Crippen LogP contribution >= 0.6 is 0 Å². The quantitative estimate of drug-likeness (QED) is 0.614. The van der Waals surface area contributed by atoms with E-state index in [2.05, 4.69) is 13.0 Å². The number of esters is 1. The van der Waals surface area contributed by atoms with Crippen molar-refractivity contribution in [1.29, 1.82) is 0 Å². The molecular weight excluding hydrogens is 326 g/mol. The Bertz CT molecular complexity index is 930. The number of fused-ring (bicyclic) bond motifs is 3. The van der Waals surface area contributed by atoms with Gasteiger partial charge in [0.15, 0.2) is 0 Å². The van der Waals surface area contributed by atoms with Crippen LogP contribution in [0.2, 0.25) is 0 Å². The summed E-state index contributed by atoms with van der Waals surface area (Å²) in [6, 6.07) is 14.9. The molecule has 0 bridgehead atoms. The molecule has 0 aliphatic carbocycles. The summed E-state index contributed by atoms with van der Waals surface area (Å²) in [7, 11) is 1.73. The molecule has 2 aromatic rings. The van der Waals surface area contributed by atoms with E-state index in [0.29, 0.717) is 5.56 Å². The minimum absolute atomic E-state index is 0.218. The number of hydrogen-bond donors (Lipinski definition) is 0. The highest BCUT2D eigenvalue weighted by Crippen LogP contribution is 2.53. The summed E-state index contributed by atoms with van der Waals surface area (Å²) in [6.45, 7) is 2.13. The molecule has 132 valence electrons. The molecule has 0 saturated carbocycles. The van der Waals surface area contributed by atoms with E-state index < -0.39 is 11.6 Å². The average molecular weight is 347 g/mol. The van der Waals surface area contributed by atoms with E-state index in [1.165, 1.54) is 0 Å². The minimum atomic E-state index is -1.38. The Morgan fingerprint density at radius 3 is 2.50 bits per heavy atom. The van der Waals surface area contributed by atoms with Crippen molar-refractivity contribution in [3.8, 4) is 0 Å². The number of para-hydroxylation sites is 1. The summed E-state index contributed by atoms with van der Waals surface area (Å²) in [5.41, 5.74) is 2.22. The number of likely N-dealkylation sites (N-methyl/N-ethyl adjacent to an activating group) is 1. The lowest BCUT2D eigenvalue weighted by atomic mass is 9.78. The first-order valence-electron chi connectivity index (χ1n) is 9.02. The van der Waals surface area contributed by atoms with Crippen LogP contribution in [-0.4, -0.2) is 18.9 Å². The van der Waals surface area contributed by atoms with Crippen molar-refractivity contribution < 1.29 is 14.3 Å². The van der Waals surface area contributed by atoms with Crippen LogP contribution in [0.5, 0.6) is 0 Å². The Labute approximate surface area is 153 Å². The second kappa shape index (κ2) is 6.13. The van der Waals surface area contributed by atoms with Gasteiger partial charge in [-0.2, -0.15) is 0 Å². The molecule has 2 heterocycles. The van der Waals surface area contributed by atoms with E-state index >= 15 is 0 Å². The van der Waals surface area contributed by atoms with Crippen LogP contribution in [0.15, 0.2) is 54.6 Å². The van der Waals surface area contributed by atoms with Crippen molar-refractivity contribution in [1.82, 2.24) is 0 Å². The monoisotopic (exact) mass is 347 g/mol. The van der Waals surface area contributed by atoms with E-state index in [9.17, 15) is 9.59 Å². The molecule has 1 atom stereocenters. The van der Waals surface area contributed by atoms with Crippen LogP contribution in [0.25, 0.3) is 5.57 Å². The van der Waals surface area contributed by atoms with Gasteiger partial charge in [0, 0.05) is 18.2 Å². The van der Waals surface area contributed by atoms with Gasteiger partial charge in [0.25, 0.3) is 5.91 Å². The lowest BCUT2D eigenvalue weighted by Crippen LogP contribution is -2.46. The summed E-state index contributed by atoms with van der Waals surface area (Å²) in [6.07, 6.45) is 4.98. The number of carbonyl (C=O) groups is 2. The van der Waals surface area contributed by atoms with Crippen molar-refractivity contribution in [2.45, 2.75) is 31.8 Å². The first-order valence-corrected chi connectivity index (χ1v) is 9.02. The molecule has 0 saturated heterocycles. The second-order valence-electron chi connectivity index (χ2n) is 6.76. The maximum atomic E-state index is 13.3. The Hall–Kier alpha value is -2.88. The Balaban J connectivity index is 2.00. The number of nitrogens with zero attached hydrogens (tertiary/aromatic N) is 1. The smallest absolute Gasteiger partial charge is 0.340 e. The van der Waals surface area contributed by atoms with Gasteiger partial charge in [0.05, 0.1) is 11.3 Å². The maximum Gasteiger partial charge on any atom is 0.340 e. The highest BCUT2D eigenvalue weighted by molar-refractivity contribution is 6.18. The maximum absolute atomic E-state index is 13.3. The number of benzene rings is 2. The number of anilines is 1. The van der Waals surface area contributed by atoms with Gasteiger partial charge < -0.3 is 9.64 Å². The van der Waals surface area contributed by atoms with Gasteiger partial charge in [-0.3, -0.25) is 4.79 Å². The van der Waals surface area contributed by atoms with E-state index in [0.717, 1.165) is 41.6 Å². The molecule has 2 aromatic carbocycles. The number of carbonyl (C=O) groups excluding carboxylic acids is 2. The normalized spacial score (nSPS) is 22.5. The molecule has 4 nitrogen and oxygen atoms in total. The number of hydrogen-bond acceptors (Lipinski definition) is 3. The van der Waals surface area contributed by atoms with Gasteiger partial charge >= 0.3 is 5.97 Å². The second-order valence-corrected chi connectivity index (χ2v) is 6.76. The van der Waals surface area contributed by atoms with E-state index in [4.69, 9.17) is 4.74 Å². The highest BCUT2D eigenvalue weighted by Gasteiger charge is 2.58. The van der Waals surface area contributed by atoms with Crippen LogP contribution in [-0.2, 0) is 15.1 Å². The third-order valence-corrected chi connectivity index (χ3v) is 5.22. The molecule has 0 radical (unpaired) electrons. The predicted molar refractivity (Wildman–Crippen MR) is 101 cm³/mol. The third kappa shape index (κ3) is 2.15. The van der Waals surface area contributed by atoms with Gasteiger partial charge in [-0.15, -0.1) is 0 Å². The summed E-state index contributed by atoms with van der Waals surface area (Å²) < 4.78 is 5.92. The summed E-state index contributed by atoms with van der Waals surface area (Å²) >= 11 is 0. The van der Waals surface area contributed by atoms with Crippen molar-refractivity contribution in [3.63, 3.8) is 0 Å². The Morgan fingerprint density at radius 1 is 1.04 bits per heavy atom. The molecular formula is C22H21NO3. The molecule has 2 aliphatic heterocycles. The average Bonchev–Trinajstić information content (AvgIpc) is 2.87. The number of unbranched alkanes of at least 4 members (excludes halogenated alkanes) is 2. The van der Waals surface area contributed by atoms with Crippen molar-refractivity contribution >= 4 is 23.1 Å². The first kappa shape index (κ1) is 16.6. The highest BCUT2D eigenvalue weighted by atomic mass is 16.6. The molecule has 2 aliphatic rings. The summed E-state index contributed by atoms with van der Waals surface area (Å²) in [5.74, 6) is -0.670. The molecule has 0 aromatic heterocycles. The Morgan fingerprint density at radius 2 is 1.73 bits per heavy atom.